The number of ketones is 1. The Balaban J connectivity index is 2.32. The fraction of sp³-hybridized carbons (Fsp3) is 0.462. The Morgan fingerprint density at radius 2 is 2.00 bits per heavy atom. The van der Waals surface area contributed by atoms with Crippen molar-refractivity contribution < 1.29 is 13.9 Å². The van der Waals surface area contributed by atoms with Gasteiger partial charge in [0, 0.05) is 19.8 Å². The van der Waals surface area contributed by atoms with Crippen LogP contribution in [0.25, 0.3) is 0 Å². The highest BCUT2D eigenvalue weighted by atomic mass is 19.1. The molecule has 0 spiro atoms. The van der Waals surface area contributed by atoms with Crippen LogP contribution in [0.15, 0.2) is 24.3 Å². The number of halogens is 1. The fourth-order valence-electron chi connectivity index (χ4n) is 2.22. The molecule has 4 heteroatoms. The van der Waals surface area contributed by atoms with Gasteiger partial charge in [-0.1, -0.05) is 12.1 Å². The zero-order valence-electron chi connectivity index (χ0n) is 9.62. The molecule has 0 aliphatic carbocycles. The van der Waals surface area contributed by atoms with Crippen LogP contribution >= 0.6 is 0 Å². The minimum absolute atomic E-state index is 0.139. The number of carbonyl (C=O) groups is 1. The fourth-order valence-corrected chi connectivity index (χ4v) is 2.22. The molecule has 17 heavy (non-hydrogen) atoms. The maximum Gasteiger partial charge on any atom is 0.173 e. The first-order chi connectivity index (χ1) is 8.19. The van der Waals surface area contributed by atoms with E-state index in [2.05, 4.69) is 0 Å². The maximum absolute atomic E-state index is 13.6. The summed E-state index contributed by atoms with van der Waals surface area (Å²) in [6.07, 6.45) is 1.13. The number of hydrogen-bond acceptors (Lipinski definition) is 3. The van der Waals surface area contributed by atoms with E-state index in [0.717, 1.165) is 0 Å². The quantitative estimate of drug-likeness (QED) is 0.815. The van der Waals surface area contributed by atoms with Gasteiger partial charge in [0.2, 0.25) is 0 Å². The predicted octanol–water partition coefficient (Wildman–Crippen LogP) is 1.76. The second kappa shape index (κ2) is 4.94. The molecule has 0 saturated carbocycles. The van der Waals surface area contributed by atoms with Gasteiger partial charge in [0.25, 0.3) is 0 Å². The topological polar surface area (TPSA) is 52.3 Å². The van der Waals surface area contributed by atoms with Crippen molar-refractivity contribution in [1.82, 2.24) is 0 Å². The minimum Gasteiger partial charge on any atom is -0.381 e. The predicted molar refractivity (Wildman–Crippen MR) is 62.3 cm³/mol. The van der Waals surface area contributed by atoms with E-state index < -0.39 is 11.2 Å². The lowest BCUT2D eigenvalue weighted by atomic mass is 9.74. The number of rotatable bonds is 3. The van der Waals surface area contributed by atoms with Gasteiger partial charge in [-0.25, -0.2) is 4.39 Å². The summed E-state index contributed by atoms with van der Waals surface area (Å²) in [6, 6.07) is 6.06. The molecule has 1 heterocycles. The number of carbonyl (C=O) groups excluding carboxylic acids is 1. The summed E-state index contributed by atoms with van der Waals surface area (Å²) < 4.78 is 18.8. The van der Waals surface area contributed by atoms with Crippen molar-refractivity contribution in [2.24, 2.45) is 11.1 Å². The first-order valence-corrected chi connectivity index (χ1v) is 5.77. The molecule has 92 valence electrons. The van der Waals surface area contributed by atoms with E-state index in [4.69, 9.17) is 10.5 Å². The van der Waals surface area contributed by atoms with E-state index in [9.17, 15) is 9.18 Å². The molecule has 0 aromatic heterocycles. The van der Waals surface area contributed by atoms with Crippen molar-refractivity contribution >= 4 is 5.78 Å². The molecule has 1 fully saturated rings. The number of nitrogens with two attached hydrogens (primary N) is 1. The van der Waals surface area contributed by atoms with Crippen molar-refractivity contribution in [2.75, 3.05) is 19.8 Å². The number of hydrogen-bond donors (Lipinski definition) is 1. The molecule has 0 unspecified atom stereocenters. The summed E-state index contributed by atoms with van der Waals surface area (Å²) >= 11 is 0. The van der Waals surface area contributed by atoms with Crippen molar-refractivity contribution in [2.45, 2.75) is 12.8 Å². The zero-order chi connectivity index (χ0) is 12.3. The van der Waals surface area contributed by atoms with E-state index in [1.165, 1.54) is 12.1 Å². The molecule has 3 nitrogen and oxygen atoms in total. The van der Waals surface area contributed by atoms with E-state index in [0.29, 0.717) is 26.1 Å². The second-order valence-electron chi connectivity index (χ2n) is 4.41. The highest BCUT2D eigenvalue weighted by Crippen LogP contribution is 2.33. The molecule has 1 aromatic carbocycles. The van der Waals surface area contributed by atoms with Crippen LogP contribution in [0.4, 0.5) is 4.39 Å². The second-order valence-corrected chi connectivity index (χ2v) is 4.41. The van der Waals surface area contributed by atoms with Crippen molar-refractivity contribution in [3.05, 3.63) is 35.6 Å². The Bertz CT molecular complexity index is 414. The number of Topliss-reactive ketones (excluding diaryl/α,β-unsaturated/α-hetero) is 1. The molecule has 2 N–H and O–H groups in total. The lowest BCUT2D eigenvalue weighted by molar-refractivity contribution is 0.0198. The maximum atomic E-state index is 13.6. The van der Waals surface area contributed by atoms with Gasteiger partial charge >= 0.3 is 0 Å². The summed E-state index contributed by atoms with van der Waals surface area (Å²) in [7, 11) is 0. The lowest BCUT2D eigenvalue weighted by Crippen LogP contribution is -2.43. The van der Waals surface area contributed by atoms with Crippen LogP contribution in [-0.2, 0) is 4.74 Å². The molecule has 0 radical (unpaired) electrons. The summed E-state index contributed by atoms with van der Waals surface area (Å²) in [5.41, 5.74) is 5.21. The largest absolute Gasteiger partial charge is 0.381 e. The van der Waals surface area contributed by atoms with Crippen LogP contribution in [0.1, 0.15) is 23.2 Å². The van der Waals surface area contributed by atoms with E-state index >= 15 is 0 Å². The van der Waals surface area contributed by atoms with E-state index in [1.807, 2.05) is 0 Å². The van der Waals surface area contributed by atoms with Crippen LogP contribution in [-0.4, -0.2) is 25.5 Å². The van der Waals surface area contributed by atoms with Gasteiger partial charge in [0.05, 0.1) is 11.0 Å². The van der Waals surface area contributed by atoms with Gasteiger partial charge in [-0.2, -0.15) is 0 Å². The first-order valence-electron chi connectivity index (χ1n) is 5.77. The van der Waals surface area contributed by atoms with Gasteiger partial charge in [0.15, 0.2) is 5.78 Å². The van der Waals surface area contributed by atoms with Gasteiger partial charge in [-0.15, -0.1) is 0 Å². The Labute approximate surface area is 99.8 Å². The molecule has 0 amide bonds. The Kier molecular flexibility index (Phi) is 3.54. The molecule has 1 saturated heterocycles. The smallest absolute Gasteiger partial charge is 0.173 e. The first kappa shape index (κ1) is 12.2. The average Bonchev–Trinajstić information content (AvgIpc) is 2.39. The van der Waals surface area contributed by atoms with Crippen LogP contribution < -0.4 is 5.73 Å². The van der Waals surface area contributed by atoms with E-state index in [-0.39, 0.29) is 17.9 Å². The molecule has 1 aromatic rings. The van der Waals surface area contributed by atoms with Crippen molar-refractivity contribution in [1.29, 1.82) is 0 Å². The lowest BCUT2D eigenvalue weighted by Gasteiger charge is -2.34. The molecular formula is C13H16FNO2. The Morgan fingerprint density at radius 3 is 2.59 bits per heavy atom. The SMILES string of the molecule is NCC1(C(=O)c2ccccc2F)CCOCC1. The standard InChI is InChI=1S/C13H16FNO2/c14-11-4-2-1-3-10(11)12(16)13(9-15)5-7-17-8-6-13/h1-4H,5-9,15H2. The van der Waals surface area contributed by atoms with Gasteiger partial charge < -0.3 is 10.5 Å². The van der Waals surface area contributed by atoms with Gasteiger partial charge in [-0.3, -0.25) is 4.79 Å². The Hall–Kier alpha value is -1.26. The highest BCUT2D eigenvalue weighted by Gasteiger charge is 2.39. The molecule has 1 aliphatic rings. The third-order valence-electron chi connectivity index (χ3n) is 3.44. The monoisotopic (exact) mass is 237 g/mol. The normalized spacial score (nSPS) is 18.9. The van der Waals surface area contributed by atoms with Crippen molar-refractivity contribution in [3.63, 3.8) is 0 Å². The molecule has 1 aliphatic heterocycles. The van der Waals surface area contributed by atoms with Gasteiger partial charge in [-0.05, 0) is 25.0 Å². The minimum atomic E-state index is -0.652. The van der Waals surface area contributed by atoms with Crippen LogP contribution in [0.5, 0.6) is 0 Å². The average molecular weight is 237 g/mol. The summed E-state index contributed by atoms with van der Waals surface area (Å²) in [5.74, 6) is -0.668. The number of ether oxygens (including phenoxy) is 1. The molecular weight excluding hydrogens is 221 g/mol. The summed E-state index contributed by atoms with van der Waals surface area (Å²) in [5, 5.41) is 0. The Morgan fingerprint density at radius 1 is 1.35 bits per heavy atom. The van der Waals surface area contributed by atoms with Crippen LogP contribution in [0.2, 0.25) is 0 Å². The van der Waals surface area contributed by atoms with Crippen LogP contribution in [0, 0.1) is 11.2 Å². The van der Waals surface area contributed by atoms with Gasteiger partial charge in [0.1, 0.15) is 5.82 Å². The third kappa shape index (κ3) is 2.23. The van der Waals surface area contributed by atoms with Crippen LogP contribution in [0.3, 0.4) is 0 Å². The van der Waals surface area contributed by atoms with E-state index in [1.54, 1.807) is 12.1 Å². The summed E-state index contributed by atoms with van der Waals surface area (Å²) in [4.78, 5) is 12.4. The molecule has 2 rings (SSSR count). The number of benzene rings is 1. The zero-order valence-corrected chi connectivity index (χ0v) is 9.62. The highest BCUT2D eigenvalue weighted by molar-refractivity contribution is 6.01. The molecule has 0 atom stereocenters. The van der Waals surface area contributed by atoms with Crippen molar-refractivity contribution in [3.8, 4) is 0 Å². The molecule has 0 bridgehead atoms. The summed E-state index contributed by atoms with van der Waals surface area (Å²) in [6.45, 7) is 1.26. The third-order valence-corrected chi connectivity index (χ3v) is 3.44.